The van der Waals surface area contributed by atoms with Gasteiger partial charge in [-0.1, -0.05) is 18.2 Å². The number of imide groups is 1. The van der Waals surface area contributed by atoms with Gasteiger partial charge in [-0.2, -0.15) is 13.2 Å². The molecule has 4 heterocycles. The fourth-order valence-electron chi connectivity index (χ4n) is 5.87. The minimum Gasteiger partial charge on any atom is -0.386 e. The third kappa shape index (κ3) is 7.29. The second-order valence-corrected chi connectivity index (χ2v) is 13.4. The quantitative estimate of drug-likeness (QED) is 0.220. The third-order valence-electron chi connectivity index (χ3n) is 8.37. The number of amides is 4. The van der Waals surface area contributed by atoms with Gasteiger partial charge in [0.15, 0.2) is 0 Å². The number of nitrogens with one attached hydrogen (secondary N) is 2. The lowest BCUT2D eigenvalue weighted by Gasteiger charge is -2.31. The van der Waals surface area contributed by atoms with Gasteiger partial charge in [-0.25, -0.2) is 14.8 Å². The van der Waals surface area contributed by atoms with Crippen molar-refractivity contribution in [2.75, 3.05) is 29.9 Å². The Bertz CT molecular complexity index is 1830. The Balaban J connectivity index is 1.12. The van der Waals surface area contributed by atoms with E-state index in [0.717, 1.165) is 65.6 Å². The van der Waals surface area contributed by atoms with E-state index in [9.17, 15) is 32.7 Å². The predicted molar refractivity (Wildman–Crippen MR) is 171 cm³/mol. The minimum absolute atomic E-state index is 0.226. The SMILES string of the molecule is CC(C)(O)c1cc2nc(C3CCN(Cc4ccc(N5CCC(=O)NC5=O)cc4)CC3)sc2cc1NC(=O)c1cccc(C(F)(F)F)n1. The Kier molecular flexibility index (Phi) is 8.76. The van der Waals surface area contributed by atoms with E-state index < -0.39 is 29.4 Å². The zero-order chi connectivity index (χ0) is 33.5. The van der Waals surface area contributed by atoms with Crippen LogP contribution in [0.5, 0.6) is 0 Å². The molecule has 0 aliphatic carbocycles. The molecule has 0 radical (unpaired) electrons. The fraction of sp³-hybridized carbons (Fsp3) is 0.364. The molecular formula is C33H33F3N6O4S. The van der Waals surface area contributed by atoms with E-state index in [1.54, 1.807) is 30.9 Å². The second kappa shape index (κ2) is 12.7. The maximum atomic E-state index is 13.2. The van der Waals surface area contributed by atoms with Crippen LogP contribution in [0.4, 0.5) is 29.3 Å². The summed E-state index contributed by atoms with van der Waals surface area (Å²) >= 11 is 1.50. The summed E-state index contributed by atoms with van der Waals surface area (Å²) in [5.41, 5.74) is 0.281. The summed E-state index contributed by atoms with van der Waals surface area (Å²) in [5, 5.41) is 16.8. The molecule has 2 aliphatic heterocycles. The number of thiazole rings is 1. The van der Waals surface area contributed by atoms with Crippen LogP contribution in [-0.2, 0) is 23.1 Å². The van der Waals surface area contributed by atoms with E-state index in [1.165, 1.54) is 17.4 Å². The van der Waals surface area contributed by atoms with E-state index in [4.69, 9.17) is 4.98 Å². The normalized spacial score (nSPS) is 16.9. The molecule has 2 aromatic heterocycles. The van der Waals surface area contributed by atoms with E-state index in [1.807, 2.05) is 24.3 Å². The van der Waals surface area contributed by atoms with Gasteiger partial charge in [0.25, 0.3) is 5.91 Å². The fourth-order valence-corrected chi connectivity index (χ4v) is 7.03. The monoisotopic (exact) mass is 666 g/mol. The number of carbonyl (C=O) groups is 3. The van der Waals surface area contributed by atoms with Gasteiger partial charge in [0.2, 0.25) is 5.91 Å². The standard InChI is InChI=1S/C33H33F3N6O4S/c1-32(2,46)22-16-25-26(17-24(22)38-29(44)23-4-3-5-27(37-23)33(34,35)36)47-30(39-25)20-10-13-41(14-11-20)18-19-6-8-21(9-7-19)42-15-12-28(43)40-31(42)45/h3-9,16-17,20,46H,10-15,18H2,1-2H3,(H,38,44)(H,40,43,45). The molecule has 0 unspecified atom stereocenters. The van der Waals surface area contributed by atoms with Gasteiger partial charge < -0.3 is 10.4 Å². The zero-order valence-corrected chi connectivity index (χ0v) is 26.5. The predicted octanol–water partition coefficient (Wildman–Crippen LogP) is 6.02. The average molecular weight is 667 g/mol. The van der Waals surface area contributed by atoms with Crippen molar-refractivity contribution < 1.29 is 32.7 Å². The molecular weight excluding hydrogens is 633 g/mol. The highest BCUT2D eigenvalue weighted by atomic mass is 32.1. The lowest BCUT2D eigenvalue weighted by Crippen LogP contribution is -2.49. The summed E-state index contributed by atoms with van der Waals surface area (Å²) in [6, 6.07) is 13.9. The number of benzene rings is 2. The first-order valence-electron chi connectivity index (χ1n) is 15.2. The van der Waals surface area contributed by atoms with Crippen LogP contribution in [0.3, 0.4) is 0 Å². The third-order valence-corrected chi connectivity index (χ3v) is 9.55. The number of urea groups is 1. The molecule has 2 fully saturated rings. The Hall–Kier alpha value is -4.40. The van der Waals surface area contributed by atoms with Crippen molar-refractivity contribution >= 4 is 50.8 Å². The topological polar surface area (TPSA) is 128 Å². The number of piperidine rings is 1. The summed E-state index contributed by atoms with van der Waals surface area (Å²) in [4.78, 5) is 48.8. The Morgan fingerprint density at radius 1 is 1.04 bits per heavy atom. The molecule has 0 spiro atoms. The first-order chi connectivity index (χ1) is 22.2. The van der Waals surface area contributed by atoms with Gasteiger partial charge in [0.1, 0.15) is 11.4 Å². The van der Waals surface area contributed by atoms with Crippen LogP contribution >= 0.6 is 11.3 Å². The van der Waals surface area contributed by atoms with Crippen molar-refractivity contribution in [2.24, 2.45) is 0 Å². The smallest absolute Gasteiger partial charge is 0.386 e. The summed E-state index contributed by atoms with van der Waals surface area (Å²) in [6.07, 6.45) is -2.63. The van der Waals surface area contributed by atoms with Gasteiger partial charge in [-0.3, -0.25) is 24.7 Å². The number of aliphatic hydroxyl groups is 1. The number of likely N-dealkylation sites (tertiary alicyclic amines) is 1. The molecule has 2 aliphatic rings. The summed E-state index contributed by atoms with van der Waals surface area (Å²) in [6.45, 7) is 5.97. The maximum Gasteiger partial charge on any atom is 0.433 e. The van der Waals surface area contributed by atoms with Crippen molar-refractivity contribution in [1.29, 1.82) is 0 Å². The highest BCUT2D eigenvalue weighted by Crippen LogP contribution is 2.39. The first kappa shape index (κ1) is 32.5. The maximum absolute atomic E-state index is 13.2. The van der Waals surface area contributed by atoms with Crippen LogP contribution in [0.1, 0.15) is 71.3 Å². The molecule has 2 saturated heterocycles. The number of hydrogen-bond donors (Lipinski definition) is 3. The van der Waals surface area contributed by atoms with Gasteiger partial charge >= 0.3 is 12.2 Å². The van der Waals surface area contributed by atoms with Crippen molar-refractivity contribution in [2.45, 2.75) is 57.3 Å². The van der Waals surface area contributed by atoms with Crippen LogP contribution in [0, 0.1) is 0 Å². The Morgan fingerprint density at radius 3 is 2.43 bits per heavy atom. The minimum atomic E-state index is -4.69. The van der Waals surface area contributed by atoms with Crippen LogP contribution in [0.25, 0.3) is 10.2 Å². The number of aromatic nitrogens is 2. The molecule has 0 bridgehead atoms. The molecule has 4 amide bonds. The lowest BCUT2D eigenvalue weighted by molar-refractivity contribution is -0.141. The molecule has 2 aromatic carbocycles. The molecule has 3 N–H and O–H groups in total. The van der Waals surface area contributed by atoms with Crippen molar-refractivity contribution in [3.8, 4) is 0 Å². The first-order valence-corrected chi connectivity index (χ1v) is 16.0. The van der Waals surface area contributed by atoms with Crippen LogP contribution in [0.2, 0.25) is 0 Å². The number of halogens is 3. The number of pyridine rings is 1. The molecule has 0 saturated carbocycles. The van der Waals surface area contributed by atoms with E-state index in [-0.39, 0.29) is 29.6 Å². The van der Waals surface area contributed by atoms with E-state index in [2.05, 4.69) is 20.5 Å². The molecule has 6 rings (SSSR count). The van der Waals surface area contributed by atoms with Crippen molar-refractivity contribution in [3.05, 3.63) is 82.1 Å². The number of nitrogens with zero attached hydrogens (tertiary/aromatic N) is 4. The zero-order valence-electron chi connectivity index (χ0n) is 25.7. The number of fused-ring (bicyclic) bond motifs is 1. The second-order valence-electron chi connectivity index (χ2n) is 12.3. The largest absolute Gasteiger partial charge is 0.433 e. The number of alkyl halides is 3. The lowest BCUT2D eigenvalue weighted by atomic mass is 9.95. The van der Waals surface area contributed by atoms with Gasteiger partial charge in [0, 0.05) is 42.4 Å². The molecule has 4 aromatic rings. The van der Waals surface area contributed by atoms with E-state index in [0.29, 0.717) is 17.6 Å². The molecule has 10 nitrogen and oxygen atoms in total. The van der Waals surface area contributed by atoms with Crippen molar-refractivity contribution in [1.82, 2.24) is 20.2 Å². The number of anilines is 2. The van der Waals surface area contributed by atoms with Crippen molar-refractivity contribution in [3.63, 3.8) is 0 Å². The highest BCUT2D eigenvalue weighted by Gasteiger charge is 2.33. The highest BCUT2D eigenvalue weighted by molar-refractivity contribution is 7.18. The van der Waals surface area contributed by atoms with Gasteiger partial charge in [-0.15, -0.1) is 11.3 Å². The van der Waals surface area contributed by atoms with Crippen LogP contribution in [-0.4, -0.2) is 57.5 Å². The Labute approximate surface area is 272 Å². The van der Waals surface area contributed by atoms with Crippen LogP contribution < -0.4 is 15.5 Å². The number of hydrogen-bond acceptors (Lipinski definition) is 8. The van der Waals surface area contributed by atoms with E-state index >= 15 is 0 Å². The molecule has 14 heteroatoms. The molecule has 246 valence electrons. The summed E-state index contributed by atoms with van der Waals surface area (Å²) in [5.74, 6) is -0.857. The molecule has 0 atom stereocenters. The summed E-state index contributed by atoms with van der Waals surface area (Å²) < 4.78 is 40.3. The summed E-state index contributed by atoms with van der Waals surface area (Å²) in [7, 11) is 0. The number of rotatable bonds is 7. The number of carbonyl (C=O) groups excluding carboxylic acids is 3. The Morgan fingerprint density at radius 2 is 1.77 bits per heavy atom. The van der Waals surface area contributed by atoms with Gasteiger partial charge in [0.05, 0.1) is 20.8 Å². The van der Waals surface area contributed by atoms with Gasteiger partial charge in [-0.05, 0) is 81.7 Å². The molecule has 47 heavy (non-hydrogen) atoms. The van der Waals surface area contributed by atoms with Crippen LogP contribution in [0.15, 0.2) is 54.6 Å². The average Bonchev–Trinajstić information content (AvgIpc) is 3.44.